The molecule has 1 unspecified atom stereocenters. The summed E-state index contributed by atoms with van der Waals surface area (Å²) >= 11 is 1.39. The Hall–Kier alpha value is -2.27. The Balaban J connectivity index is 1.72. The molecule has 3 aliphatic rings. The number of guanidine groups is 1. The van der Waals surface area contributed by atoms with Gasteiger partial charge in [0.05, 0.1) is 24.6 Å². The molecule has 10 nitrogen and oxygen atoms in total. The largest absolute Gasteiger partial charge is 0.477 e. The van der Waals surface area contributed by atoms with Gasteiger partial charge in [0.25, 0.3) is 0 Å². The zero-order valence-corrected chi connectivity index (χ0v) is 17.0. The highest BCUT2D eigenvalue weighted by Crippen LogP contribution is 2.51. The second-order valence-corrected chi connectivity index (χ2v) is 8.75. The average Bonchev–Trinajstić information content (AvgIpc) is 2.85. The lowest BCUT2D eigenvalue weighted by molar-refractivity contribution is -0.163. The minimum atomic E-state index is -1.14. The van der Waals surface area contributed by atoms with Gasteiger partial charge in [-0.25, -0.2) is 9.59 Å². The van der Waals surface area contributed by atoms with E-state index in [4.69, 9.17) is 0 Å². The van der Waals surface area contributed by atoms with Crippen LogP contribution in [0, 0.1) is 11.8 Å². The number of nitrogens with zero attached hydrogens (tertiary/aromatic N) is 3. The number of aliphatic imine (C=N–C) groups is 1. The van der Waals surface area contributed by atoms with Crippen LogP contribution < -0.4 is 10.6 Å². The van der Waals surface area contributed by atoms with Gasteiger partial charge in [-0.3, -0.25) is 15.1 Å². The quantitative estimate of drug-likeness (QED) is 0.457. The van der Waals surface area contributed by atoms with Crippen LogP contribution in [0.15, 0.2) is 15.6 Å². The van der Waals surface area contributed by atoms with Crippen LogP contribution in [0.2, 0.25) is 0 Å². The fraction of sp³-hybridized carbons (Fsp3) is 0.647. The summed E-state index contributed by atoms with van der Waals surface area (Å²) in [6.07, 6.45) is -0.820. The number of amides is 3. The van der Waals surface area contributed by atoms with Gasteiger partial charge >= 0.3 is 12.0 Å². The monoisotopic (exact) mass is 411 g/mol. The van der Waals surface area contributed by atoms with E-state index in [-0.39, 0.29) is 34.8 Å². The van der Waals surface area contributed by atoms with Gasteiger partial charge in [0.1, 0.15) is 5.70 Å². The number of carboxylic acids is 1. The van der Waals surface area contributed by atoms with Crippen molar-refractivity contribution in [3.8, 4) is 0 Å². The highest BCUT2D eigenvalue weighted by molar-refractivity contribution is 8.03. The highest BCUT2D eigenvalue weighted by Gasteiger charge is 2.60. The van der Waals surface area contributed by atoms with Gasteiger partial charge in [-0.2, -0.15) is 0 Å². The van der Waals surface area contributed by atoms with E-state index < -0.39 is 18.0 Å². The Morgan fingerprint density at radius 2 is 2.11 bits per heavy atom. The molecule has 4 N–H and O–H groups in total. The van der Waals surface area contributed by atoms with E-state index in [1.165, 1.54) is 21.6 Å². The molecule has 5 atom stereocenters. The van der Waals surface area contributed by atoms with Crippen molar-refractivity contribution < 1.29 is 24.6 Å². The van der Waals surface area contributed by atoms with Crippen molar-refractivity contribution in [1.29, 1.82) is 0 Å². The van der Waals surface area contributed by atoms with Gasteiger partial charge < -0.3 is 25.3 Å². The number of urea groups is 1. The summed E-state index contributed by atoms with van der Waals surface area (Å²) in [6, 6.07) is -0.610. The molecule has 1 saturated heterocycles. The number of fused-ring (bicyclic) bond motifs is 1. The Labute approximate surface area is 167 Å². The van der Waals surface area contributed by atoms with Crippen molar-refractivity contribution in [3.05, 3.63) is 10.6 Å². The lowest BCUT2D eigenvalue weighted by atomic mass is 9.79. The molecule has 154 valence electrons. The van der Waals surface area contributed by atoms with Crippen LogP contribution >= 0.6 is 11.8 Å². The number of carbonyl (C=O) groups is 3. The van der Waals surface area contributed by atoms with Crippen molar-refractivity contribution in [2.45, 2.75) is 31.2 Å². The number of β-lactam (4-membered cyclic amide) rings is 1. The summed E-state index contributed by atoms with van der Waals surface area (Å²) in [5.41, 5.74) is 0.0140. The summed E-state index contributed by atoms with van der Waals surface area (Å²) in [7, 11) is 3.26. The van der Waals surface area contributed by atoms with Crippen LogP contribution in [0.5, 0.6) is 0 Å². The van der Waals surface area contributed by atoms with Crippen LogP contribution in [-0.2, 0) is 9.59 Å². The number of hydrogen-bond donors (Lipinski definition) is 4. The zero-order valence-electron chi connectivity index (χ0n) is 16.2. The molecule has 28 heavy (non-hydrogen) atoms. The number of carboxylic acid groups (broad SMARTS) is 1. The molecule has 0 aliphatic carbocycles. The molecular weight excluding hydrogens is 386 g/mol. The molecule has 1 fully saturated rings. The maximum absolute atomic E-state index is 12.4. The van der Waals surface area contributed by atoms with Gasteiger partial charge in [-0.1, -0.05) is 6.92 Å². The summed E-state index contributed by atoms with van der Waals surface area (Å²) in [5.74, 6) is -1.84. The molecule has 0 aromatic rings. The van der Waals surface area contributed by atoms with E-state index in [0.29, 0.717) is 24.0 Å². The third-order valence-corrected chi connectivity index (χ3v) is 6.65. The second kappa shape index (κ2) is 7.63. The fourth-order valence-corrected chi connectivity index (χ4v) is 5.08. The number of aliphatic carboxylic acids is 1. The first-order valence-electron chi connectivity index (χ1n) is 9.05. The average molecular weight is 411 g/mol. The Bertz CT molecular complexity index is 765. The van der Waals surface area contributed by atoms with E-state index in [2.05, 4.69) is 15.6 Å². The van der Waals surface area contributed by atoms with Crippen molar-refractivity contribution >= 4 is 35.6 Å². The van der Waals surface area contributed by atoms with Crippen LogP contribution in [0.1, 0.15) is 13.8 Å². The van der Waals surface area contributed by atoms with Gasteiger partial charge in [-0.15, -0.1) is 11.8 Å². The third kappa shape index (κ3) is 3.44. The fourth-order valence-electron chi connectivity index (χ4n) is 3.76. The van der Waals surface area contributed by atoms with Gasteiger partial charge in [0.15, 0.2) is 5.96 Å². The molecule has 0 radical (unpaired) electrons. The number of rotatable bonds is 4. The minimum absolute atomic E-state index is 0.0140. The second-order valence-electron chi connectivity index (χ2n) is 7.41. The predicted molar refractivity (Wildman–Crippen MR) is 104 cm³/mol. The van der Waals surface area contributed by atoms with Crippen molar-refractivity contribution in [3.63, 3.8) is 0 Å². The molecule has 3 heterocycles. The molecule has 3 rings (SSSR count). The summed E-state index contributed by atoms with van der Waals surface area (Å²) in [4.78, 5) is 43.5. The predicted octanol–water partition coefficient (Wildman–Crippen LogP) is -0.528. The number of aliphatic hydroxyl groups excluding tert-OH is 1. The van der Waals surface area contributed by atoms with E-state index in [0.717, 1.165) is 0 Å². The molecule has 3 amide bonds. The molecule has 11 heteroatoms. The first-order valence-corrected chi connectivity index (χ1v) is 9.93. The number of carbonyl (C=O) groups excluding carboxylic acids is 2. The lowest BCUT2D eigenvalue weighted by Gasteiger charge is -2.46. The molecule has 0 aromatic carbocycles. The van der Waals surface area contributed by atoms with Gasteiger partial charge in [-0.05, 0) is 6.92 Å². The van der Waals surface area contributed by atoms with Crippen molar-refractivity contribution in [2.75, 3.05) is 27.2 Å². The SMILES string of the molecule is C[C@@H](O)[C@H]1C(=O)N2C(C(=O)O)=C(SC3CN=C(NC(=O)N(C)C)NC3)[C@H](C)[C@H]12. The first-order chi connectivity index (χ1) is 13.1. The Morgan fingerprint density at radius 3 is 2.61 bits per heavy atom. The highest BCUT2D eigenvalue weighted by atomic mass is 32.2. The molecule has 0 aromatic heterocycles. The van der Waals surface area contributed by atoms with E-state index in [1.54, 1.807) is 21.0 Å². The molecule has 3 aliphatic heterocycles. The summed E-state index contributed by atoms with van der Waals surface area (Å²) in [5, 5.41) is 25.2. The smallest absolute Gasteiger partial charge is 0.353 e. The molecular formula is C17H25N5O5S. The third-order valence-electron chi connectivity index (χ3n) is 5.19. The van der Waals surface area contributed by atoms with Crippen molar-refractivity contribution in [2.24, 2.45) is 16.8 Å². The summed E-state index contributed by atoms with van der Waals surface area (Å²) in [6.45, 7) is 4.35. The Kier molecular flexibility index (Phi) is 5.57. The van der Waals surface area contributed by atoms with Gasteiger partial charge in [0, 0.05) is 36.7 Å². The van der Waals surface area contributed by atoms with Crippen LogP contribution in [-0.4, -0.2) is 88.5 Å². The summed E-state index contributed by atoms with van der Waals surface area (Å²) < 4.78 is 0. The van der Waals surface area contributed by atoms with E-state index in [9.17, 15) is 24.6 Å². The van der Waals surface area contributed by atoms with Gasteiger partial charge in [0.2, 0.25) is 5.91 Å². The lowest BCUT2D eigenvalue weighted by Crippen LogP contribution is -2.63. The zero-order chi connectivity index (χ0) is 20.7. The van der Waals surface area contributed by atoms with Crippen LogP contribution in [0.25, 0.3) is 0 Å². The number of aliphatic hydroxyl groups is 1. The van der Waals surface area contributed by atoms with E-state index in [1.807, 2.05) is 6.92 Å². The van der Waals surface area contributed by atoms with Crippen molar-refractivity contribution in [1.82, 2.24) is 20.4 Å². The molecule has 0 saturated carbocycles. The first kappa shape index (κ1) is 20.5. The maximum atomic E-state index is 12.4. The van der Waals surface area contributed by atoms with E-state index >= 15 is 0 Å². The number of thioether (sulfide) groups is 1. The standard InChI is InChI=1S/C17H25N5O5S/c1-7-11-10(8(2)23)14(24)22(11)12(15(25)26)13(7)28-9-5-18-16(19-6-9)20-17(27)21(3)4/h7-11,23H,5-6H2,1-4H3,(H,25,26)(H2,18,19,20,27)/t7-,8-,10-,11-/m1/s1. The number of hydrogen-bond acceptors (Lipinski definition) is 7. The minimum Gasteiger partial charge on any atom is -0.477 e. The van der Waals surface area contributed by atoms with Crippen LogP contribution in [0.3, 0.4) is 0 Å². The topological polar surface area (TPSA) is 135 Å². The number of nitrogens with one attached hydrogen (secondary N) is 2. The Morgan fingerprint density at radius 1 is 1.43 bits per heavy atom. The van der Waals surface area contributed by atoms with Crippen LogP contribution in [0.4, 0.5) is 4.79 Å². The maximum Gasteiger partial charge on any atom is 0.353 e. The normalized spacial score (nSPS) is 30.1. The molecule has 0 spiro atoms. The molecule has 0 bridgehead atoms.